The summed E-state index contributed by atoms with van der Waals surface area (Å²) in [4.78, 5) is 43.0. The molecule has 234 valence electrons. The van der Waals surface area contributed by atoms with Gasteiger partial charge in [0, 0.05) is 76.5 Å². The molecule has 4 heterocycles. The van der Waals surface area contributed by atoms with Gasteiger partial charge >= 0.3 is 0 Å². The average Bonchev–Trinajstić information content (AvgIpc) is 3.03. The Hall–Kier alpha value is -4.73. The third-order valence-electron chi connectivity index (χ3n) is 9.02. The van der Waals surface area contributed by atoms with Crippen LogP contribution < -0.4 is 21.1 Å². The molecule has 0 spiro atoms. The maximum absolute atomic E-state index is 14.6. The second-order valence-electron chi connectivity index (χ2n) is 12.8. The van der Waals surface area contributed by atoms with E-state index in [2.05, 4.69) is 44.6 Å². The molecule has 2 aromatic heterocycles. The van der Waals surface area contributed by atoms with E-state index in [1.165, 1.54) is 10.3 Å². The number of halogens is 1. The van der Waals surface area contributed by atoms with E-state index in [9.17, 15) is 9.59 Å². The molecule has 0 aliphatic carbocycles. The van der Waals surface area contributed by atoms with Gasteiger partial charge in [0.2, 0.25) is 5.95 Å². The molecule has 1 saturated heterocycles. The van der Waals surface area contributed by atoms with Gasteiger partial charge in [0.25, 0.3) is 5.56 Å². The number of likely N-dealkylation sites (N-methyl/N-ethyl adjacent to an activating group) is 1. The topological polar surface area (TPSA) is 95.4 Å². The zero-order valence-corrected chi connectivity index (χ0v) is 27.1. The van der Waals surface area contributed by atoms with E-state index < -0.39 is 11.6 Å². The number of rotatable bonds is 5. The fraction of sp³-hybridized carbons (Fsp3) is 0.278. The number of fused-ring (bicyclic) bond motifs is 2. The van der Waals surface area contributed by atoms with Gasteiger partial charge in [0.05, 0.1) is 5.54 Å². The number of nitrogens with zero attached hydrogens (tertiary/aromatic N) is 5. The number of pyridine rings is 1. The number of carbonyl (C=O) groups excluding carboxylic acids is 1. The van der Waals surface area contributed by atoms with Crippen LogP contribution in [-0.4, -0.2) is 64.0 Å². The van der Waals surface area contributed by atoms with E-state index in [-0.39, 0.29) is 11.3 Å². The number of para-hydroxylation sites is 1. The van der Waals surface area contributed by atoms with Gasteiger partial charge in [-0.2, -0.15) is 4.98 Å². The van der Waals surface area contributed by atoms with Crippen molar-refractivity contribution < 1.29 is 4.79 Å². The van der Waals surface area contributed by atoms with Gasteiger partial charge in [-0.05, 0) is 81.9 Å². The number of Topliss-reactive ketones (excluding diaryl/α,β-unsaturated/α-hetero) is 1. The van der Waals surface area contributed by atoms with Crippen molar-refractivity contribution in [1.82, 2.24) is 19.4 Å². The molecule has 0 bridgehead atoms. The average molecular weight is 634 g/mol. The zero-order chi connectivity index (χ0) is 32.2. The van der Waals surface area contributed by atoms with Crippen LogP contribution in [0.2, 0.25) is 5.02 Å². The molecule has 0 amide bonds. The minimum atomic E-state index is -0.896. The first-order valence-corrected chi connectivity index (χ1v) is 15.9. The molecule has 9 nitrogen and oxygen atoms in total. The third kappa shape index (κ3) is 5.39. The quantitative estimate of drug-likeness (QED) is 0.225. The number of carbonyl (C=O) groups is 1. The third-order valence-corrected chi connectivity index (χ3v) is 9.33. The molecular weight excluding hydrogens is 598 g/mol. The SMILES string of the molecule is Cc1ccc(-c2cc3cnc(Nc4ccc(N5CCN(C)CC5)cc4)nc3n(C3C(=O)c4ccccc4NC3(C)C)c2=O)c(Cl)c1. The number of benzene rings is 3. The number of piperazine rings is 1. The van der Waals surface area contributed by atoms with Crippen LogP contribution in [0.25, 0.3) is 22.2 Å². The summed E-state index contributed by atoms with van der Waals surface area (Å²) >= 11 is 6.69. The van der Waals surface area contributed by atoms with Gasteiger partial charge in [-0.3, -0.25) is 14.2 Å². The predicted octanol–water partition coefficient (Wildman–Crippen LogP) is 6.54. The highest BCUT2D eigenvalue weighted by atomic mass is 35.5. The second-order valence-corrected chi connectivity index (χ2v) is 13.2. The summed E-state index contributed by atoms with van der Waals surface area (Å²) in [5.74, 6) is 0.158. The standard InChI is InChI=1S/C36H36ClN7O2/c1-22-9-14-26(29(37)19-22)28-20-23-21-38-35(39-24-10-12-25(13-11-24)43-17-15-42(4)16-18-43)40-33(23)44(34(28)46)32-31(45)27-7-5-6-8-30(27)41-36(32,2)3/h5-14,19-21,32,41H,15-18H2,1-4H3,(H,38,39,40). The van der Waals surface area contributed by atoms with Crippen molar-refractivity contribution in [3.63, 3.8) is 0 Å². The monoisotopic (exact) mass is 633 g/mol. The highest BCUT2D eigenvalue weighted by Gasteiger charge is 2.44. The number of aryl methyl sites for hydroxylation is 1. The normalized spacial score (nSPS) is 17.9. The Labute approximate surface area is 272 Å². The summed E-state index contributed by atoms with van der Waals surface area (Å²) < 4.78 is 1.52. The molecule has 10 heteroatoms. The Morgan fingerprint density at radius 3 is 2.39 bits per heavy atom. The van der Waals surface area contributed by atoms with Gasteiger partial charge in [-0.25, -0.2) is 4.98 Å². The lowest BCUT2D eigenvalue weighted by molar-refractivity contribution is 0.0876. The molecule has 3 aromatic carbocycles. The maximum Gasteiger partial charge on any atom is 0.260 e. The van der Waals surface area contributed by atoms with E-state index in [0.29, 0.717) is 38.7 Å². The Balaban J connectivity index is 1.34. The fourth-order valence-corrected chi connectivity index (χ4v) is 6.88. The van der Waals surface area contributed by atoms with E-state index in [0.717, 1.165) is 43.1 Å². The molecule has 46 heavy (non-hydrogen) atoms. The molecule has 2 aliphatic rings. The lowest BCUT2D eigenvalue weighted by atomic mass is 9.82. The zero-order valence-electron chi connectivity index (χ0n) is 26.3. The molecular formula is C36H36ClN7O2. The van der Waals surface area contributed by atoms with Gasteiger partial charge in [0.15, 0.2) is 5.78 Å². The first-order chi connectivity index (χ1) is 22.1. The van der Waals surface area contributed by atoms with Gasteiger partial charge in [0.1, 0.15) is 11.7 Å². The van der Waals surface area contributed by atoms with E-state index in [1.807, 2.05) is 69.3 Å². The number of hydrogen-bond donors (Lipinski definition) is 2. The Morgan fingerprint density at radius 2 is 1.65 bits per heavy atom. The lowest BCUT2D eigenvalue weighted by Gasteiger charge is -2.41. The fourth-order valence-electron chi connectivity index (χ4n) is 6.54. The molecule has 1 atom stereocenters. The summed E-state index contributed by atoms with van der Waals surface area (Å²) in [5, 5.41) is 7.88. The van der Waals surface area contributed by atoms with Crippen molar-refractivity contribution in [3.8, 4) is 11.1 Å². The van der Waals surface area contributed by atoms with Gasteiger partial charge in [-0.1, -0.05) is 35.9 Å². The number of ketones is 1. The van der Waals surface area contributed by atoms with Crippen LogP contribution in [0.4, 0.5) is 23.0 Å². The first-order valence-electron chi connectivity index (χ1n) is 15.5. The van der Waals surface area contributed by atoms with Gasteiger partial charge in [-0.15, -0.1) is 0 Å². The summed E-state index contributed by atoms with van der Waals surface area (Å²) in [6, 6.07) is 22.0. The molecule has 0 radical (unpaired) electrons. The summed E-state index contributed by atoms with van der Waals surface area (Å²) in [6.45, 7) is 9.84. The highest BCUT2D eigenvalue weighted by Crippen LogP contribution is 2.39. The molecule has 7 rings (SSSR count). The van der Waals surface area contributed by atoms with Crippen LogP contribution in [0.1, 0.15) is 35.8 Å². The van der Waals surface area contributed by atoms with E-state index >= 15 is 0 Å². The molecule has 2 N–H and O–H groups in total. The summed E-state index contributed by atoms with van der Waals surface area (Å²) in [6.07, 6.45) is 1.69. The smallest absolute Gasteiger partial charge is 0.260 e. The number of nitrogens with one attached hydrogen (secondary N) is 2. The van der Waals surface area contributed by atoms with E-state index in [1.54, 1.807) is 18.3 Å². The van der Waals surface area contributed by atoms with Crippen molar-refractivity contribution in [2.24, 2.45) is 0 Å². The molecule has 2 aliphatic heterocycles. The van der Waals surface area contributed by atoms with Crippen LogP contribution >= 0.6 is 11.6 Å². The lowest BCUT2D eigenvalue weighted by Crippen LogP contribution is -2.51. The molecule has 0 saturated carbocycles. The van der Waals surface area contributed by atoms with Crippen molar-refractivity contribution in [2.75, 3.05) is 48.8 Å². The number of anilines is 4. The Bertz CT molecular complexity index is 2030. The number of aromatic nitrogens is 3. The minimum absolute atomic E-state index is 0.164. The van der Waals surface area contributed by atoms with Crippen LogP contribution in [0, 0.1) is 6.92 Å². The first kappa shape index (κ1) is 30.0. The van der Waals surface area contributed by atoms with E-state index in [4.69, 9.17) is 16.6 Å². The van der Waals surface area contributed by atoms with Crippen molar-refractivity contribution in [3.05, 3.63) is 105 Å². The minimum Gasteiger partial charge on any atom is -0.377 e. The van der Waals surface area contributed by atoms with Crippen LogP contribution in [0.15, 0.2) is 83.8 Å². The van der Waals surface area contributed by atoms with Crippen molar-refractivity contribution in [1.29, 1.82) is 0 Å². The summed E-state index contributed by atoms with van der Waals surface area (Å²) in [5.41, 5.74) is 4.38. The van der Waals surface area contributed by atoms with Crippen molar-refractivity contribution >= 4 is 51.4 Å². The summed E-state index contributed by atoms with van der Waals surface area (Å²) in [7, 11) is 2.15. The molecule has 1 unspecified atom stereocenters. The van der Waals surface area contributed by atoms with Crippen LogP contribution in [0.3, 0.4) is 0 Å². The molecule has 5 aromatic rings. The maximum atomic E-state index is 14.6. The molecule has 1 fully saturated rings. The number of hydrogen-bond acceptors (Lipinski definition) is 8. The second kappa shape index (κ2) is 11.6. The predicted molar refractivity (Wildman–Crippen MR) is 186 cm³/mol. The van der Waals surface area contributed by atoms with Crippen LogP contribution in [-0.2, 0) is 0 Å². The van der Waals surface area contributed by atoms with Gasteiger partial charge < -0.3 is 20.4 Å². The highest BCUT2D eigenvalue weighted by molar-refractivity contribution is 6.33. The van der Waals surface area contributed by atoms with Crippen molar-refractivity contribution in [2.45, 2.75) is 32.4 Å². The van der Waals surface area contributed by atoms with Crippen LogP contribution in [0.5, 0.6) is 0 Å². The largest absolute Gasteiger partial charge is 0.377 e. The Morgan fingerprint density at radius 1 is 0.913 bits per heavy atom. The Kier molecular flexibility index (Phi) is 7.53.